The predicted octanol–water partition coefficient (Wildman–Crippen LogP) is 1.34. The number of halogens is 1. The summed E-state index contributed by atoms with van der Waals surface area (Å²) in [6.07, 6.45) is 5.71. The molecule has 0 aliphatic rings. The Morgan fingerprint density at radius 3 is 2.89 bits per heavy atom. The van der Waals surface area contributed by atoms with Crippen LogP contribution in [0.5, 0.6) is 0 Å². The van der Waals surface area contributed by atoms with Crippen LogP contribution in [0.25, 0.3) is 0 Å². The van der Waals surface area contributed by atoms with Crippen molar-refractivity contribution >= 4 is 28.6 Å². The van der Waals surface area contributed by atoms with Crippen molar-refractivity contribution in [2.24, 2.45) is 0 Å². The number of alkyl halides is 1. The molecule has 0 radical (unpaired) electrons. The van der Waals surface area contributed by atoms with E-state index in [2.05, 4.69) is 10.7 Å². The summed E-state index contributed by atoms with van der Waals surface area (Å²) in [6, 6.07) is 0. The summed E-state index contributed by atoms with van der Waals surface area (Å²) in [4.78, 5) is 10.5. The van der Waals surface area contributed by atoms with Crippen LogP contribution in [0.2, 0.25) is 0 Å². The zero-order chi connectivity index (χ0) is 7.11. The number of rotatable bonds is 3. The Kier molecular flexibility index (Phi) is 5.73. The quantitative estimate of drug-likeness (QED) is 0.321. The smallest absolute Gasteiger partial charge is 0.307 e. The van der Waals surface area contributed by atoms with Crippen molar-refractivity contribution in [3.8, 4) is 12.3 Å². The molecule has 0 aliphatic carbocycles. The molecule has 2 nitrogen and oxygen atoms in total. The maximum absolute atomic E-state index is 10.5. The SMILES string of the molecule is C#CCCC(=O)OCI. The van der Waals surface area contributed by atoms with Gasteiger partial charge in [0.05, 0.1) is 6.42 Å². The maximum Gasteiger partial charge on any atom is 0.307 e. The number of carbonyl (C=O) groups is 1. The minimum atomic E-state index is -0.220. The monoisotopic (exact) mass is 238 g/mol. The van der Waals surface area contributed by atoms with Crippen LogP contribution in [0.1, 0.15) is 12.8 Å². The molecule has 0 heterocycles. The van der Waals surface area contributed by atoms with Crippen molar-refractivity contribution in [2.75, 3.05) is 4.61 Å². The summed E-state index contributed by atoms with van der Waals surface area (Å²) < 4.78 is 5.00. The Morgan fingerprint density at radius 2 is 2.44 bits per heavy atom. The summed E-state index contributed by atoms with van der Waals surface area (Å²) in [6.45, 7) is 0. The second kappa shape index (κ2) is 5.89. The Morgan fingerprint density at radius 1 is 1.78 bits per heavy atom. The minimum absolute atomic E-state index is 0.220. The zero-order valence-corrected chi connectivity index (χ0v) is 7.05. The van der Waals surface area contributed by atoms with E-state index >= 15 is 0 Å². The lowest BCUT2D eigenvalue weighted by Crippen LogP contribution is -2.00. The van der Waals surface area contributed by atoms with Gasteiger partial charge in [0.2, 0.25) is 0 Å². The highest BCUT2D eigenvalue weighted by molar-refractivity contribution is 14.1. The fraction of sp³-hybridized carbons (Fsp3) is 0.500. The largest absolute Gasteiger partial charge is 0.455 e. The topological polar surface area (TPSA) is 26.3 Å². The molecule has 0 amide bonds. The fourth-order valence-corrected chi connectivity index (χ4v) is 0.655. The van der Waals surface area contributed by atoms with Crippen molar-refractivity contribution in [1.29, 1.82) is 0 Å². The Balaban J connectivity index is 3.19. The van der Waals surface area contributed by atoms with E-state index in [-0.39, 0.29) is 5.97 Å². The first kappa shape index (κ1) is 8.76. The number of terminal acetylenes is 1. The molecule has 0 aliphatic heterocycles. The lowest BCUT2D eigenvalue weighted by Gasteiger charge is -1.95. The third kappa shape index (κ3) is 5.63. The zero-order valence-electron chi connectivity index (χ0n) is 4.89. The third-order valence-electron chi connectivity index (χ3n) is 0.689. The Labute approximate surface area is 68.1 Å². The molecule has 0 aromatic carbocycles. The van der Waals surface area contributed by atoms with E-state index in [9.17, 15) is 4.79 Å². The second-order valence-corrected chi connectivity index (χ2v) is 1.95. The van der Waals surface area contributed by atoms with Crippen LogP contribution in [-0.2, 0) is 9.53 Å². The van der Waals surface area contributed by atoms with Gasteiger partial charge in [0.1, 0.15) is 4.61 Å². The number of ether oxygens (including phenoxy) is 1. The van der Waals surface area contributed by atoms with Crippen molar-refractivity contribution in [1.82, 2.24) is 0 Å². The van der Waals surface area contributed by atoms with Crippen LogP contribution < -0.4 is 0 Å². The van der Waals surface area contributed by atoms with Crippen LogP contribution in [-0.4, -0.2) is 10.6 Å². The number of hydrogen-bond donors (Lipinski definition) is 0. The highest BCUT2D eigenvalue weighted by Gasteiger charge is 1.97. The lowest BCUT2D eigenvalue weighted by molar-refractivity contribution is -0.140. The molecule has 0 aromatic heterocycles. The first-order valence-corrected chi connectivity index (χ1v) is 3.99. The van der Waals surface area contributed by atoms with Gasteiger partial charge in [0, 0.05) is 6.42 Å². The highest BCUT2D eigenvalue weighted by Crippen LogP contribution is 1.92. The van der Waals surface area contributed by atoms with Gasteiger partial charge >= 0.3 is 5.97 Å². The summed E-state index contributed by atoms with van der Waals surface area (Å²) in [5.74, 6) is 2.13. The first-order valence-electron chi connectivity index (χ1n) is 2.46. The van der Waals surface area contributed by atoms with Gasteiger partial charge in [-0.1, -0.05) is 0 Å². The number of hydrogen-bond acceptors (Lipinski definition) is 2. The summed E-state index contributed by atoms with van der Waals surface area (Å²) in [7, 11) is 0. The predicted molar refractivity (Wildman–Crippen MR) is 43.0 cm³/mol. The van der Waals surface area contributed by atoms with Crippen LogP contribution in [0.15, 0.2) is 0 Å². The van der Waals surface area contributed by atoms with Gasteiger partial charge < -0.3 is 4.74 Å². The molecule has 0 spiro atoms. The lowest BCUT2D eigenvalue weighted by atomic mass is 10.3. The molecule has 0 unspecified atom stereocenters. The van der Waals surface area contributed by atoms with E-state index in [0.717, 1.165) is 0 Å². The minimum Gasteiger partial charge on any atom is -0.455 e. The van der Waals surface area contributed by atoms with Crippen LogP contribution in [0.3, 0.4) is 0 Å². The van der Waals surface area contributed by atoms with Crippen LogP contribution >= 0.6 is 22.6 Å². The maximum atomic E-state index is 10.5. The average Bonchev–Trinajstić information content (AvgIpc) is 1.85. The molecule has 0 N–H and O–H groups in total. The molecule has 0 saturated heterocycles. The molecule has 3 heteroatoms. The van der Waals surface area contributed by atoms with Crippen molar-refractivity contribution < 1.29 is 9.53 Å². The van der Waals surface area contributed by atoms with E-state index in [1.54, 1.807) is 0 Å². The molecule has 0 rings (SSSR count). The average molecular weight is 238 g/mol. The van der Waals surface area contributed by atoms with Gasteiger partial charge in [-0.25, -0.2) is 0 Å². The van der Waals surface area contributed by atoms with E-state index in [0.29, 0.717) is 17.5 Å². The molecule has 0 fully saturated rings. The highest BCUT2D eigenvalue weighted by atomic mass is 127. The molecule has 0 atom stereocenters. The van der Waals surface area contributed by atoms with Crippen LogP contribution in [0, 0.1) is 12.3 Å². The van der Waals surface area contributed by atoms with Gasteiger partial charge in [0.15, 0.2) is 0 Å². The molecule has 0 saturated carbocycles. The van der Waals surface area contributed by atoms with E-state index in [4.69, 9.17) is 6.42 Å². The number of esters is 1. The van der Waals surface area contributed by atoms with E-state index in [1.807, 2.05) is 22.6 Å². The van der Waals surface area contributed by atoms with Crippen molar-refractivity contribution in [2.45, 2.75) is 12.8 Å². The van der Waals surface area contributed by atoms with Gasteiger partial charge in [-0.2, -0.15) is 0 Å². The molecule has 0 bridgehead atoms. The Bertz CT molecular complexity index is 126. The van der Waals surface area contributed by atoms with Crippen LogP contribution in [0.4, 0.5) is 0 Å². The number of carbonyl (C=O) groups excluding carboxylic acids is 1. The van der Waals surface area contributed by atoms with Gasteiger partial charge in [-0.15, -0.1) is 12.3 Å². The fourth-order valence-electron chi connectivity index (χ4n) is 0.307. The van der Waals surface area contributed by atoms with Crippen molar-refractivity contribution in [3.63, 3.8) is 0 Å². The Hall–Kier alpha value is -0.240. The van der Waals surface area contributed by atoms with Crippen molar-refractivity contribution in [3.05, 3.63) is 0 Å². The van der Waals surface area contributed by atoms with E-state index < -0.39 is 0 Å². The third-order valence-corrected chi connectivity index (χ3v) is 1.00. The molecule has 0 aromatic rings. The molecule has 9 heavy (non-hydrogen) atoms. The normalized spacial score (nSPS) is 8.00. The first-order chi connectivity index (χ1) is 4.31. The molecular formula is C6H7IO2. The second-order valence-electron chi connectivity index (χ2n) is 1.33. The van der Waals surface area contributed by atoms with Gasteiger partial charge in [-0.05, 0) is 22.6 Å². The summed E-state index contributed by atoms with van der Waals surface area (Å²) in [5, 5.41) is 0. The van der Waals surface area contributed by atoms with E-state index in [1.165, 1.54) is 0 Å². The standard InChI is InChI=1S/C6H7IO2/c1-2-3-4-6(8)9-5-7/h1H,3-5H2. The van der Waals surface area contributed by atoms with Gasteiger partial charge in [0.25, 0.3) is 0 Å². The molecule has 50 valence electrons. The summed E-state index contributed by atoms with van der Waals surface area (Å²) >= 11 is 1.96. The molecular weight excluding hydrogens is 231 g/mol. The van der Waals surface area contributed by atoms with Gasteiger partial charge in [-0.3, -0.25) is 4.79 Å². The summed E-state index contributed by atoms with van der Waals surface area (Å²) in [5.41, 5.74) is 0.